The van der Waals surface area contributed by atoms with E-state index in [0.717, 1.165) is 11.1 Å². The lowest BCUT2D eigenvalue weighted by Gasteiger charge is -2.16. The molecule has 2 aromatic rings. The zero-order chi connectivity index (χ0) is 20.8. The van der Waals surface area contributed by atoms with Crippen LogP contribution < -0.4 is 10.6 Å². The Morgan fingerprint density at radius 2 is 1.14 bits per heavy atom. The maximum atomic E-state index is 11.7. The van der Waals surface area contributed by atoms with E-state index in [1.54, 1.807) is 50.5 Å². The standard InChI is InChI=1S/C22H28N2O4/c1-13(25)19(23-3)11-15-5-7-21(27)17(9-15)18-10-16(6-8-22(18)28)12-20(24-4)14(2)26/h5-10,19-20,23-24,27-28H,11-12H2,1-4H3. The first-order valence-electron chi connectivity index (χ1n) is 9.26. The number of carbonyl (C=O) groups excluding carboxylic acids is 2. The third kappa shape index (κ3) is 5.18. The molecule has 0 amide bonds. The third-order valence-electron chi connectivity index (χ3n) is 4.97. The van der Waals surface area contributed by atoms with Gasteiger partial charge in [0.25, 0.3) is 0 Å². The van der Waals surface area contributed by atoms with Gasteiger partial charge in [0.2, 0.25) is 0 Å². The smallest absolute Gasteiger partial charge is 0.147 e. The fraction of sp³-hybridized carbons (Fsp3) is 0.364. The van der Waals surface area contributed by atoms with Gasteiger partial charge in [0.05, 0.1) is 12.1 Å². The fourth-order valence-electron chi connectivity index (χ4n) is 3.22. The zero-order valence-corrected chi connectivity index (χ0v) is 16.7. The van der Waals surface area contributed by atoms with Crippen LogP contribution in [0.25, 0.3) is 11.1 Å². The molecule has 0 radical (unpaired) electrons. The van der Waals surface area contributed by atoms with E-state index in [9.17, 15) is 19.8 Å². The van der Waals surface area contributed by atoms with Crippen molar-refractivity contribution in [1.82, 2.24) is 10.6 Å². The molecule has 0 bridgehead atoms. The first-order chi connectivity index (χ1) is 13.3. The number of benzene rings is 2. The number of rotatable bonds is 9. The molecule has 6 nitrogen and oxygen atoms in total. The van der Waals surface area contributed by atoms with Gasteiger partial charge in [-0.05, 0) is 76.2 Å². The highest BCUT2D eigenvalue weighted by Gasteiger charge is 2.17. The quantitative estimate of drug-likeness (QED) is 0.529. The Bertz CT molecular complexity index is 792. The number of aromatic hydroxyl groups is 2. The van der Waals surface area contributed by atoms with Gasteiger partial charge in [0, 0.05) is 11.1 Å². The number of Topliss-reactive ketones (excluding diaryl/α,β-unsaturated/α-hetero) is 2. The Balaban J connectivity index is 2.40. The van der Waals surface area contributed by atoms with E-state index in [1.165, 1.54) is 13.8 Å². The molecule has 0 saturated heterocycles. The lowest BCUT2D eigenvalue weighted by atomic mass is 9.94. The summed E-state index contributed by atoms with van der Waals surface area (Å²) >= 11 is 0. The van der Waals surface area contributed by atoms with Crippen molar-refractivity contribution in [3.05, 3.63) is 47.5 Å². The monoisotopic (exact) mass is 384 g/mol. The SMILES string of the molecule is CNC(Cc1ccc(O)c(-c2cc(CC(NC)C(C)=O)ccc2O)c1)C(C)=O. The number of ketones is 2. The summed E-state index contributed by atoms with van der Waals surface area (Å²) in [5, 5.41) is 26.7. The van der Waals surface area contributed by atoms with E-state index in [1.807, 2.05) is 0 Å². The molecule has 0 aliphatic heterocycles. The van der Waals surface area contributed by atoms with Gasteiger partial charge in [0.15, 0.2) is 0 Å². The van der Waals surface area contributed by atoms with Crippen molar-refractivity contribution in [3.8, 4) is 22.6 Å². The first-order valence-corrected chi connectivity index (χ1v) is 9.26. The van der Waals surface area contributed by atoms with Gasteiger partial charge in [0.1, 0.15) is 23.1 Å². The van der Waals surface area contributed by atoms with E-state index >= 15 is 0 Å². The molecule has 0 spiro atoms. The average molecular weight is 384 g/mol. The second-order valence-corrected chi connectivity index (χ2v) is 7.02. The Labute approximate surface area is 165 Å². The number of hydrogen-bond donors (Lipinski definition) is 4. The lowest BCUT2D eigenvalue weighted by Crippen LogP contribution is -2.34. The molecule has 2 rings (SSSR count). The topological polar surface area (TPSA) is 98.7 Å². The summed E-state index contributed by atoms with van der Waals surface area (Å²) < 4.78 is 0. The summed E-state index contributed by atoms with van der Waals surface area (Å²) in [5.74, 6) is 0.141. The summed E-state index contributed by atoms with van der Waals surface area (Å²) in [6.45, 7) is 3.07. The highest BCUT2D eigenvalue weighted by Crippen LogP contribution is 2.37. The van der Waals surface area contributed by atoms with Crippen LogP contribution in [0.2, 0.25) is 0 Å². The molecule has 2 unspecified atom stereocenters. The molecule has 0 heterocycles. The van der Waals surface area contributed by atoms with Gasteiger partial charge in [-0.2, -0.15) is 0 Å². The van der Waals surface area contributed by atoms with Gasteiger partial charge in [-0.25, -0.2) is 0 Å². The van der Waals surface area contributed by atoms with Gasteiger partial charge >= 0.3 is 0 Å². The van der Waals surface area contributed by atoms with Crippen LogP contribution in [-0.4, -0.2) is 48.0 Å². The molecule has 0 fully saturated rings. The largest absolute Gasteiger partial charge is 0.507 e. The predicted octanol–water partition coefficient (Wildman–Crippen LogP) is 2.20. The number of likely N-dealkylation sites (N-methyl/N-ethyl adjacent to an activating group) is 2. The number of phenols is 2. The van der Waals surface area contributed by atoms with Crippen molar-refractivity contribution in [2.75, 3.05) is 14.1 Å². The van der Waals surface area contributed by atoms with Crippen LogP contribution >= 0.6 is 0 Å². The normalized spacial score (nSPS) is 13.1. The molecule has 6 heteroatoms. The van der Waals surface area contributed by atoms with Crippen LogP contribution in [0.5, 0.6) is 11.5 Å². The fourth-order valence-corrected chi connectivity index (χ4v) is 3.22. The second-order valence-electron chi connectivity index (χ2n) is 7.02. The molecule has 2 aromatic carbocycles. The van der Waals surface area contributed by atoms with E-state index in [2.05, 4.69) is 10.6 Å². The van der Waals surface area contributed by atoms with E-state index in [4.69, 9.17) is 0 Å². The maximum absolute atomic E-state index is 11.7. The van der Waals surface area contributed by atoms with Gasteiger partial charge < -0.3 is 20.8 Å². The summed E-state index contributed by atoms with van der Waals surface area (Å²) in [4.78, 5) is 23.4. The molecule has 2 atom stereocenters. The molecule has 28 heavy (non-hydrogen) atoms. The minimum atomic E-state index is -0.315. The van der Waals surface area contributed by atoms with Crippen molar-refractivity contribution < 1.29 is 19.8 Å². The summed E-state index contributed by atoms with van der Waals surface area (Å²) in [6.07, 6.45) is 0.956. The van der Waals surface area contributed by atoms with Gasteiger partial charge in [-0.3, -0.25) is 9.59 Å². The molecule has 0 saturated carbocycles. The molecule has 0 aromatic heterocycles. The number of phenolic OH excluding ortho intramolecular Hbond substituents is 2. The highest BCUT2D eigenvalue weighted by atomic mass is 16.3. The molecular formula is C22H28N2O4. The zero-order valence-electron chi connectivity index (χ0n) is 16.7. The van der Waals surface area contributed by atoms with E-state index in [-0.39, 0.29) is 35.1 Å². The van der Waals surface area contributed by atoms with Crippen LogP contribution in [0.15, 0.2) is 36.4 Å². The molecule has 4 N–H and O–H groups in total. The lowest BCUT2D eigenvalue weighted by molar-refractivity contribution is -0.119. The molecule has 150 valence electrons. The molecule has 0 aliphatic carbocycles. The van der Waals surface area contributed by atoms with Crippen molar-refractivity contribution in [2.45, 2.75) is 38.8 Å². The van der Waals surface area contributed by atoms with Crippen LogP contribution in [-0.2, 0) is 22.4 Å². The van der Waals surface area contributed by atoms with E-state index < -0.39 is 0 Å². The Morgan fingerprint density at radius 3 is 1.43 bits per heavy atom. The minimum absolute atomic E-state index is 0.0318. The molecule has 0 aliphatic rings. The van der Waals surface area contributed by atoms with E-state index in [0.29, 0.717) is 24.0 Å². The Morgan fingerprint density at radius 1 is 0.786 bits per heavy atom. The molecular weight excluding hydrogens is 356 g/mol. The van der Waals surface area contributed by atoms with Crippen LogP contribution in [0.1, 0.15) is 25.0 Å². The van der Waals surface area contributed by atoms with Crippen molar-refractivity contribution in [1.29, 1.82) is 0 Å². The average Bonchev–Trinajstić information content (AvgIpc) is 2.66. The van der Waals surface area contributed by atoms with Crippen LogP contribution in [0.4, 0.5) is 0 Å². The van der Waals surface area contributed by atoms with Crippen molar-refractivity contribution in [2.24, 2.45) is 0 Å². The van der Waals surface area contributed by atoms with Crippen molar-refractivity contribution in [3.63, 3.8) is 0 Å². The van der Waals surface area contributed by atoms with Crippen molar-refractivity contribution >= 4 is 11.6 Å². The Kier molecular flexibility index (Phi) is 7.31. The summed E-state index contributed by atoms with van der Waals surface area (Å²) in [5.41, 5.74) is 2.70. The van der Waals surface area contributed by atoms with Crippen LogP contribution in [0.3, 0.4) is 0 Å². The summed E-state index contributed by atoms with van der Waals surface area (Å²) in [6, 6.07) is 9.59. The van der Waals surface area contributed by atoms with Gasteiger partial charge in [-0.1, -0.05) is 12.1 Å². The number of nitrogens with one attached hydrogen (secondary N) is 2. The summed E-state index contributed by atoms with van der Waals surface area (Å²) in [7, 11) is 3.46. The highest BCUT2D eigenvalue weighted by molar-refractivity contribution is 5.83. The second kappa shape index (κ2) is 9.48. The first kappa shape index (κ1) is 21.6. The Hall–Kier alpha value is -2.70. The number of carbonyl (C=O) groups is 2. The van der Waals surface area contributed by atoms with Crippen LogP contribution in [0, 0.1) is 0 Å². The number of hydrogen-bond acceptors (Lipinski definition) is 6. The minimum Gasteiger partial charge on any atom is -0.507 e. The maximum Gasteiger partial charge on any atom is 0.147 e. The third-order valence-corrected chi connectivity index (χ3v) is 4.97. The predicted molar refractivity (Wildman–Crippen MR) is 110 cm³/mol. The van der Waals surface area contributed by atoms with Gasteiger partial charge in [-0.15, -0.1) is 0 Å².